The Bertz CT molecular complexity index is 1350. The Balaban J connectivity index is 1.38. The molecule has 0 bridgehead atoms. The van der Waals surface area contributed by atoms with E-state index in [2.05, 4.69) is 30.5 Å². The van der Waals surface area contributed by atoms with Crippen molar-refractivity contribution >= 4 is 34.4 Å². The van der Waals surface area contributed by atoms with E-state index in [1.165, 1.54) is 24.5 Å². The first-order valence-electron chi connectivity index (χ1n) is 12.5. The molecule has 192 valence electrons. The molecule has 2 aromatic heterocycles. The van der Waals surface area contributed by atoms with E-state index in [1.54, 1.807) is 0 Å². The van der Waals surface area contributed by atoms with Gasteiger partial charge in [0.05, 0.1) is 0 Å². The lowest BCUT2D eigenvalue weighted by Gasteiger charge is -2.20. The van der Waals surface area contributed by atoms with Crippen LogP contribution in [0.5, 0.6) is 0 Å². The predicted octanol–water partition coefficient (Wildman–Crippen LogP) is 1.80. The summed E-state index contributed by atoms with van der Waals surface area (Å²) in [6.45, 7) is 4.07. The van der Waals surface area contributed by atoms with Crippen LogP contribution in [-0.4, -0.2) is 50.5 Å². The maximum absolute atomic E-state index is 13.1. The number of fused-ring (bicyclic) bond motifs is 1. The fraction of sp³-hybridized carbons (Fsp3) is 0.480. The molecule has 1 atom stereocenters. The van der Waals surface area contributed by atoms with Crippen molar-refractivity contribution in [1.82, 2.24) is 24.8 Å². The average Bonchev–Trinajstić information content (AvgIpc) is 3.55. The van der Waals surface area contributed by atoms with Gasteiger partial charge in [-0.2, -0.15) is 0 Å². The third-order valence-electron chi connectivity index (χ3n) is 6.48. The molecule has 1 fully saturated rings. The molecule has 11 heteroatoms. The number of rotatable bonds is 10. The van der Waals surface area contributed by atoms with Gasteiger partial charge in [-0.05, 0) is 37.5 Å². The minimum atomic E-state index is -0.660. The lowest BCUT2D eigenvalue weighted by molar-refractivity contribution is -0.126. The van der Waals surface area contributed by atoms with Gasteiger partial charge in [-0.3, -0.25) is 23.9 Å². The van der Waals surface area contributed by atoms with Gasteiger partial charge in [0.1, 0.15) is 17.4 Å². The number of amides is 2. The molecule has 3 heterocycles. The van der Waals surface area contributed by atoms with Crippen LogP contribution in [0.15, 0.2) is 33.9 Å². The summed E-state index contributed by atoms with van der Waals surface area (Å²) in [5.41, 5.74) is 1.10. The van der Waals surface area contributed by atoms with E-state index in [-0.39, 0.29) is 35.8 Å². The Kier molecular flexibility index (Phi) is 7.87. The monoisotopic (exact) mass is 495 g/mol. The Morgan fingerprint density at radius 3 is 2.69 bits per heavy atom. The Hall–Kier alpha value is -3.89. The lowest BCUT2D eigenvalue weighted by Crippen LogP contribution is -2.43. The highest BCUT2D eigenvalue weighted by Crippen LogP contribution is 2.23. The molecule has 4 rings (SSSR count). The summed E-state index contributed by atoms with van der Waals surface area (Å²) < 4.78 is 1.24. The molecule has 2 amide bonds. The van der Waals surface area contributed by atoms with Crippen molar-refractivity contribution in [2.75, 3.05) is 23.3 Å². The number of hydrogen-bond acceptors (Lipinski definition) is 6. The fourth-order valence-electron chi connectivity index (χ4n) is 4.43. The summed E-state index contributed by atoms with van der Waals surface area (Å²) in [4.78, 5) is 61.2. The molecule has 0 saturated carbocycles. The smallest absolute Gasteiger partial charge is 0.329 e. The van der Waals surface area contributed by atoms with Gasteiger partial charge in [0.15, 0.2) is 5.65 Å². The van der Waals surface area contributed by atoms with E-state index in [0.717, 1.165) is 31.6 Å². The number of aryl methyl sites for hydroxylation is 2. The van der Waals surface area contributed by atoms with Crippen molar-refractivity contribution in [2.45, 2.75) is 57.9 Å². The van der Waals surface area contributed by atoms with Crippen LogP contribution >= 0.6 is 0 Å². The average molecular weight is 496 g/mol. The highest BCUT2D eigenvalue weighted by molar-refractivity contribution is 5.97. The van der Waals surface area contributed by atoms with E-state index in [0.29, 0.717) is 17.9 Å². The molecule has 0 radical (unpaired) electrons. The van der Waals surface area contributed by atoms with Crippen LogP contribution in [0.1, 0.15) is 51.3 Å². The van der Waals surface area contributed by atoms with Crippen LogP contribution in [0, 0.1) is 0 Å². The molecule has 0 spiro atoms. The topological polar surface area (TPSA) is 145 Å². The second-order valence-corrected chi connectivity index (χ2v) is 9.20. The third kappa shape index (κ3) is 5.84. The number of nitrogens with zero attached hydrogens (tertiary/aromatic N) is 3. The summed E-state index contributed by atoms with van der Waals surface area (Å²) in [5, 5.41) is 5.81. The van der Waals surface area contributed by atoms with Gasteiger partial charge in [0, 0.05) is 44.4 Å². The van der Waals surface area contributed by atoms with Gasteiger partial charge in [0.2, 0.25) is 11.8 Å². The fourth-order valence-corrected chi connectivity index (χ4v) is 4.43. The van der Waals surface area contributed by atoms with Crippen molar-refractivity contribution in [2.24, 2.45) is 7.05 Å². The van der Waals surface area contributed by atoms with Gasteiger partial charge in [-0.15, -0.1) is 0 Å². The van der Waals surface area contributed by atoms with Crippen LogP contribution in [0.4, 0.5) is 11.4 Å². The molecular formula is C25H33N7O4. The molecule has 1 saturated heterocycles. The van der Waals surface area contributed by atoms with Gasteiger partial charge in [-0.1, -0.05) is 25.8 Å². The van der Waals surface area contributed by atoms with Gasteiger partial charge >= 0.3 is 5.69 Å². The molecular weight excluding hydrogens is 462 g/mol. The standard InChI is InChI=1S/C25H33N7O4/c1-3-4-10-18(23(34)26-16-8-7-9-17(15-16)32-13-5-6-14-32)27-20(33)12-11-19-28-21-22(29-19)31(2)25(36)30-24(21)35/h7-9,15,18H,3-6,10-14H2,1-2H3,(H,26,34)(H,27,33)(H,28,29)(H,30,35,36)/t18-/m0/s1. The van der Waals surface area contributed by atoms with Crippen LogP contribution in [0.3, 0.4) is 0 Å². The normalized spacial score (nSPS) is 14.2. The van der Waals surface area contributed by atoms with E-state index in [4.69, 9.17) is 0 Å². The quantitative estimate of drug-likeness (QED) is 0.337. The highest BCUT2D eigenvalue weighted by Gasteiger charge is 2.21. The van der Waals surface area contributed by atoms with Crippen LogP contribution in [0.25, 0.3) is 11.2 Å². The largest absolute Gasteiger partial charge is 0.371 e. The first-order chi connectivity index (χ1) is 17.4. The van der Waals surface area contributed by atoms with Gasteiger partial charge < -0.3 is 20.5 Å². The molecule has 1 aliphatic rings. The molecule has 4 N–H and O–H groups in total. The Labute approximate surface area is 208 Å². The maximum Gasteiger partial charge on any atom is 0.329 e. The number of aromatic nitrogens is 4. The summed E-state index contributed by atoms with van der Waals surface area (Å²) >= 11 is 0. The van der Waals surface area contributed by atoms with Crippen molar-refractivity contribution in [1.29, 1.82) is 0 Å². The number of imidazole rings is 1. The second-order valence-electron chi connectivity index (χ2n) is 9.20. The molecule has 11 nitrogen and oxygen atoms in total. The number of carbonyl (C=O) groups is 2. The van der Waals surface area contributed by atoms with E-state index < -0.39 is 17.3 Å². The summed E-state index contributed by atoms with van der Waals surface area (Å²) in [6.07, 6.45) is 4.87. The number of carbonyl (C=O) groups excluding carboxylic acids is 2. The molecule has 36 heavy (non-hydrogen) atoms. The number of anilines is 2. The molecule has 0 aliphatic carbocycles. The molecule has 0 unspecified atom stereocenters. The highest BCUT2D eigenvalue weighted by atomic mass is 16.2. The number of nitrogens with one attached hydrogen (secondary N) is 4. The lowest BCUT2D eigenvalue weighted by atomic mass is 10.1. The van der Waals surface area contributed by atoms with Crippen molar-refractivity contribution in [3.05, 3.63) is 50.9 Å². The summed E-state index contributed by atoms with van der Waals surface area (Å²) in [5.74, 6) is -0.124. The van der Waals surface area contributed by atoms with Gasteiger partial charge in [-0.25, -0.2) is 9.78 Å². The Morgan fingerprint density at radius 2 is 1.94 bits per heavy atom. The Morgan fingerprint density at radius 1 is 1.17 bits per heavy atom. The summed E-state index contributed by atoms with van der Waals surface area (Å²) in [6, 6.07) is 7.14. The van der Waals surface area contributed by atoms with E-state index in [1.807, 2.05) is 31.2 Å². The number of aromatic amines is 2. The van der Waals surface area contributed by atoms with Crippen molar-refractivity contribution < 1.29 is 9.59 Å². The number of unbranched alkanes of at least 4 members (excludes halogenated alkanes) is 1. The third-order valence-corrected chi connectivity index (χ3v) is 6.48. The number of H-pyrrole nitrogens is 2. The van der Waals surface area contributed by atoms with Gasteiger partial charge in [0.25, 0.3) is 5.56 Å². The number of benzene rings is 1. The maximum atomic E-state index is 13.1. The minimum absolute atomic E-state index is 0.0754. The first kappa shape index (κ1) is 25.2. The van der Waals surface area contributed by atoms with Crippen molar-refractivity contribution in [3.63, 3.8) is 0 Å². The second kappa shape index (κ2) is 11.2. The van der Waals surface area contributed by atoms with Crippen molar-refractivity contribution in [3.8, 4) is 0 Å². The molecule has 3 aromatic rings. The minimum Gasteiger partial charge on any atom is -0.371 e. The number of hydrogen-bond donors (Lipinski definition) is 4. The van der Waals surface area contributed by atoms with E-state index >= 15 is 0 Å². The van der Waals surface area contributed by atoms with E-state index in [9.17, 15) is 19.2 Å². The SMILES string of the molecule is CCCC[C@H](NC(=O)CCc1nc2c([nH]1)c(=O)[nH]c(=O)n2C)C(=O)Nc1cccc(N2CCCC2)c1. The first-order valence-corrected chi connectivity index (χ1v) is 12.5. The molecule has 1 aliphatic heterocycles. The molecule has 1 aromatic carbocycles. The zero-order valence-electron chi connectivity index (χ0n) is 20.7. The van der Waals surface area contributed by atoms with Crippen LogP contribution in [-0.2, 0) is 23.1 Å². The van der Waals surface area contributed by atoms with Crippen LogP contribution < -0.4 is 26.8 Å². The zero-order valence-corrected chi connectivity index (χ0v) is 20.7. The zero-order chi connectivity index (χ0) is 25.7. The van der Waals surface area contributed by atoms with Crippen LogP contribution in [0.2, 0.25) is 0 Å². The predicted molar refractivity (Wildman–Crippen MR) is 138 cm³/mol. The summed E-state index contributed by atoms with van der Waals surface area (Å²) in [7, 11) is 1.51.